The van der Waals surface area contributed by atoms with Gasteiger partial charge in [-0.3, -0.25) is 4.79 Å². The van der Waals surface area contributed by atoms with Crippen LogP contribution < -0.4 is 11.1 Å². The van der Waals surface area contributed by atoms with Crippen molar-refractivity contribution in [2.24, 2.45) is 16.6 Å². The lowest BCUT2D eigenvalue weighted by Gasteiger charge is -2.32. The molecule has 0 fully saturated rings. The molecule has 21 heavy (non-hydrogen) atoms. The fourth-order valence-corrected chi connectivity index (χ4v) is 2.54. The predicted octanol–water partition coefficient (Wildman–Crippen LogP) is 1.65. The van der Waals surface area contributed by atoms with Gasteiger partial charge in [-0.25, -0.2) is 0 Å². The Morgan fingerprint density at radius 2 is 2.33 bits per heavy atom. The second-order valence-electron chi connectivity index (χ2n) is 5.17. The fraction of sp³-hybridized carbons (Fsp3) is 0.400. The van der Waals surface area contributed by atoms with Crippen LogP contribution in [0.2, 0.25) is 0 Å². The first-order chi connectivity index (χ1) is 10.1. The molecule has 2 rings (SSSR count). The molecule has 6 nitrogen and oxygen atoms in total. The number of nitrogens with zero attached hydrogens (tertiary/aromatic N) is 3. The van der Waals surface area contributed by atoms with Crippen LogP contribution in [-0.2, 0) is 11.3 Å². The number of carbonyl (C=O) groups excluding carboxylic acids is 1. The Morgan fingerprint density at radius 1 is 1.62 bits per heavy atom. The molecule has 0 radical (unpaired) electrons. The number of rotatable bonds is 2. The molecule has 0 saturated heterocycles. The quantitative estimate of drug-likeness (QED) is 0.491. The summed E-state index contributed by atoms with van der Waals surface area (Å²) in [5, 5.41) is 11.7. The molecule has 3 N–H and O–H groups in total. The first kappa shape index (κ1) is 14.9. The molecule has 1 heterocycles. The second kappa shape index (κ2) is 6.27. The number of anilines is 1. The number of aliphatic imine (C=N–C) groups is 1. The summed E-state index contributed by atoms with van der Waals surface area (Å²) in [7, 11) is 0. The molecule has 1 aliphatic rings. The lowest BCUT2D eigenvalue weighted by atomic mass is 9.97. The first-order valence-electron chi connectivity index (χ1n) is 6.96. The lowest BCUT2D eigenvalue weighted by molar-refractivity contribution is -0.121. The number of hydrogen-bond donors (Lipinski definition) is 2. The summed E-state index contributed by atoms with van der Waals surface area (Å²) in [5.74, 6) is 0.0480. The monoisotopic (exact) mass is 285 g/mol. The van der Waals surface area contributed by atoms with E-state index in [1.165, 1.54) is 0 Å². The topological polar surface area (TPSA) is 94.5 Å². The van der Waals surface area contributed by atoms with Gasteiger partial charge in [0, 0.05) is 12.2 Å². The van der Waals surface area contributed by atoms with Gasteiger partial charge in [-0.05, 0) is 17.5 Å². The van der Waals surface area contributed by atoms with E-state index in [-0.39, 0.29) is 17.8 Å². The summed E-state index contributed by atoms with van der Waals surface area (Å²) < 4.78 is 0. The average molecular weight is 285 g/mol. The Bertz CT molecular complexity index is 604. The number of nitrogens with two attached hydrogens (primary N) is 1. The van der Waals surface area contributed by atoms with Crippen molar-refractivity contribution in [2.45, 2.75) is 32.9 Å². The standard InChI is InChI=1S/C15H19N5O/c1-3-10(2)13-14(21)19-12-7-5-4-6-11(12)8-20(13)15(17)18-9-16/h4-7,10,13H,3,8H2,1-2H3,(H2,17,18)(H,19,21)/t10-,13-/m0/s1. The van der Waals surface area contributed by atoms with Crippen LogP contribution in [0.1, 0.15) is 25.8 Å². The number of fused-ring (bicyclic) bond motifs is 1. The van der Waals surface area contributed by atoms with Gasteiger partial charge >= 0.3 is 0 Å². The zero-order valence-corrected chi connectivity index (χ0v) is 12.2. The molecule has 0 aliphatic carbocycles. The molecule has 1 aromatic carbocycles. The molecule has 1 aliphatic heterocycles. The minimum absolute atomic E-state index is 0.0784. The van der Waals surface area contributed by atoms with Crippen LogP contribution in [0.25, 0.3) is 0 Å². The third-order valence-electron chi connectivity index (χ3n) is 3.86. The third-order valence-corrected chi connectivity index (χ3v) is 3.86. The molecule has 0 unspecified atom stereocenters. The molecule has 0 spiro atoms. The van der Waals surface area contributed by atoms with Crippen LogP contribution >= 0.6 is 0 Å². The Kier molecular flexibility index (Phi) is 4.43. The van der Waals surface area contributed by atoms with Gasteiger partial charge in [-0.1, -0.05) is 38.5 Å². The normalized spacial score (nSPS) is 20.0. The van der Waals surface area contributed by atoms with Gasteiger partial charge in [-0.2, -0.15) is 5.26 Å². The summed E-state index contributed by atoms with van der Waals surface area (Å²) >= 11 is 0. The maximum Gasteiger partial charge on any atom is 0.247 e. The van der Waals surface area contributed by atoms with Crippen molar-refractivity contribution >= 4 is 17.6 Å². The predicted molar refractivity (Wildman–Crippen MR) is 81.1 cm³/mol. The van der Waals surface area contributed by atoms with E-state index in [9.17, 15) is 4.79 Å². The molecule has 0 aromatic heterocycles. The SMILES string of the molecule is CC[C@H](C)[C@H]1C(=O)Nc2ccccc2CN1C(N)=NC#N. The maximum atomic E-state index is 12.6. The average Bonchev–Trinajstić information content (AvgIpc) is 2.62. The highest BCUT2D eigenvalue weighted by Crippen LogP contribution is 2.26. The summed E-state index contributed by atoms with van der Waals surface area (Å²) in [5.41, 5.74) is 7.64. The van der Waals surface area contributed by atoms with Gasteiger partial charge in [0.05, 0.1) is 0 Å². The smallest absolute Gasteiger partial charge is 0.247 e. The highest BCUT2D eigenvalue weighted by molar-refractivity contribution is 5.99. The van der Waals surface area contributed by atoms with Crippen LogP contribution in [0.4, 0.5) is 5.69 Å². The van der Waals surface area contributed by atoms with E-state index in [0.717, 1.165) is 17.7 Å². The highest BCUT2D eigenvalue weighted by Gasteiger charge is 2.34. The zero-order valence-electron chi connectivity index (χ0n) is 12.2. The number of benzene rings is 1. The Labute approximate surface area is 124 Å². The van der Waals surface area contributed by atoms with Crippen molar-refractivity contribution in [1.29, 1.82) is 5.26 Å². The Morgan fingerprint density at radius 3 is 3.00 bits per heavy atom. The van der Waals surface area contributed by atoms with Gasteiger partial charge in [0.1, 0.15) is 6.04 Å². The van der Waals surface area contributed by atoms with Gasteiger partial charge in [0.15, 0.2) is 0 Å². The maximum absolute atomic E-state index is 12.6. The number of nitrogens with one attached hydrogen (secondary N) is 1. The minimum Gasteiger partial charge on any atom is -0.369 e. The van der Waals surface area contributed by atoms with Crippen LogP contribution in [-0.4, -0.2) is 22.8 Å². The van der Waals surface area contributed by atoms with Crippen LogP contribution in [0.5, 0.6) is 0 Å². The molecule has 110 valence electrons. The largest absolute Gasteiger partial charge is 0.369 e. The van der Waals surface area contributed by atoms with Crippen LogP contribution in [0.15, 0.2) is 29.3 Å². The van der Waals surface area contributed by atoms with E-state index in [0.29, 0.717) is 6.54 Å². The molecular weight excluding hydrogens is 266 g/mol. The molecule has 1 amide bonds. The third kappa shape index (κ3) is 2.97. The Hall–Kier alpha value is -2.55. The highest BCUT2D eigenvalue weighted by atomic mass is 16.2. The van der Waals surface area contributed by atoms with Crippen LogP contribution in [0.3, 0.4) is 0 Å². The van der Waals surface area contributed by atoms with Crippen molar-refractivity contribution in [2.75, 3.05) is 5.32 Å². The van der Waals surface area contributed by atoms with Gasteiger partial charge in [0.2, 0.25) is 18.1 Å². The van der Waals surface area contributed by atoms with Crippen molar-refractivity contribution in [1.82, 2.24) is 4.90 Å². The van der Waals surface area contributed by atoms with Gasteiger partial charge in [-0.15, -0.1) is 4.99 Å². The number of nitriles is 1. The van der Waals surface area contributed by atoms with Crippen molar-refractivity contribution < 1.29 is 4.79 Å². The summed E-state index contributed by atoms with van der Waals surface area (Å²) in [4.78, 5) is 17.9. The first-order valence-corrected chi connectivity index (χ1v) is 6.96. The minimum atomic E-state index is -0.445. The molecule has 2 atom stereocenters. The molecule has 0 saturated carbocycles. The van der Waals surface area contributed by atoms with Crippen molar-refractivity contribution in [3.63, 3.8) is 0 Å². The van der Waals surface area contributed by atoms with Crippen molar-refractivity contribution in [3.05, 3.63) is 29.8 Å². The van der Waals surface area contributed by atoms with E-state index in [4.69, 9.17) is 11.0 Å². The van der Waals surface area contributed by atoms with E-state index >= 15 is 0 Å². The molecule has 1 aromatic rings. The van der Waals surface area contributed by atoms with Crippen molar-refractivity contribution in [3.8, 4) is 6.19 Å². The van der Waals surface area contributed by atoms with E-state index in [2.05, 4.69) is 10.3 Å². The van der Waals surface area contributed by atoms with Crippen LogP contribution in [0, 0.1) is 17.4 Å². The van der Waals surface area contributed by atoms with Gasteiger partial charge in [0.25, 0.3) is 0 Å². The number of para-hydroxylation sites is 1. The van der Waals surface area contributed by atoms with E-state index < -0.39 is 6.04 Å². The van der Waals surface area contributed by atoms with E-state index in [1.54, 1.807) is 11.1 Å². The number of amides is 1. The zero-order chi connectivity index (χ0) is 15.4. The molecule has 6 heteroatoms. The second-order valence-corrected chi connectivity index (χ2v) is 5.17. The summed E-state index contributed by atoms with van der Waals surface area (Å²) in [6.07, 6.45) is 2.52. The Balaban J connectivity index is 2.48. The summed E-state index contributed by atoms with van der Waals surface area (Å²) in [6.45, 7) is 4.46. The van der Waals surface area contributed by atoms with E-state index in [1.807, 2.05) is 38.1 Å². The number of guanidine groups is 1. The number of hydrogen-bond acceptors (Lipinski definition) is 3. The lowest BCUT2D eigenvalue weighted by Crippen LogP contribution is -2.51. The molecular formula is C15H19N5O. The van der Waals surface area contributed by atoms with Gasteiger partial charge < -0.3 is 16.0 Å². The molecule has 0 bridgehead atoms. The summed E-state index contributed by atoms with van der Waals surface area (Å²) in [6, 6.07) is 7.13. The number of carbonyl (C=O) groups is 1. The fourth-order valence-electron chi connectivity index (χ4n) is 2.54.